The molecular weight excluding hydrogens is 342 g/mol. The maximum Gasteiger partial charge on any atom is 0.246 e. The molecule has 0 radical (unpaired) electrons. The fraction of sp³-hybridized carbons (Fsp3) is 0.476. The van der Waals surface area contributed by atoms with Crippen LogP contribution in [-0.4, -0.2) is 34.0 Å². The number of rotatable bonds is 5. The lowest BCUT2D eigenvalue weighted by Gasteiger charge is -2.41. The number of piperazine rings is 1. The molecule has 1 saturated heterocycles. The van der Waals surface area contributed by atoms with E-state index in [4.69, 9.17) is 4.52 Å². The van der Waals surface area contributed by atoms with Crippen molar-refractivity contribution < 1.29 is 14.1 Å². The van der Waals surface area contributed by atoms with Crippen molar-refractivity contribution >= 4 is 11.8 Å². The number of fused-ring (bicyclic) bond motifs is 1. The summed E-state index contributed by atoms with van der Waals surface area (Å²) in [7, 11) is 0. The molecule has 1 fully saturated rings. The zero-order chi connectivity index (χ0) is 19.0. The fourth-order valence-corrected chi connectivity index (χ4v) is 4.30. The van der Waals surface area contributed by atoms with Gasteiger partial charge in [-0.25, -0.2) is 0 Å². The third-order valence-electron chi connectivity index (χ3n) is 5.60. The minimum Gasteiger partial charge on any atom is -0.364 e. The van der Waals surface area contributed by atoms with Gasteiger partial charge in [0.25, 0.3) is 0 Å². The predicted molar refractivity (Wildman–Crippen MR) is 99.6 cm³/mol. The lowest BCUT2D eigenvalue weighted by molar-refractivity contribution is -0.152. The highest BCUT2D eigenvalue weighted by Gasteiger charge is 2.45. The van der Waals surface area contributed by atoms with Crippen molar-refractivity contribution in [3.8, 4) is 0 Å². The van der Waals surface area contributed by atoms with Gasteiger partial charge in [-0.1, -0.05) is 43.3 Å². The molecule has 2 atom stereocenters. The van der Waals surface area contributed by atoms with Crippen LogP contribution in [0.15, 0.2) is 41.1 Å². The topological polar surface area (TPSA) is 75.4 Å². The second-order valence-corrected chi connectivity index (χ2v) is 8.03. The first-order valence-electron chi connectivity index (χ1n) is 9.60. The number of nitrogens with one attached hydrogen (secondary N) is 1. The Kier molecular flexibility index (Phi) is 4.72. The Labute approximate surface area is 158 Å². The van der Waals surface area contributed by atoms with Crippen molar-refractivity contribution in [2.75, 3.05) is 0 Å². The summed E-state index contributed by atoms with van der Waals surface area (Å²) in [5, 5.41) is 6.97. The van der Waals surface area contributed by atoms with Gasteiger partial charge in [-0.3, -0.25) is 9.59 Å². The Balaban J connectivity index is 1.58. The number of hydrogen-bond donors (Lipinski definition) is 1. The number of hydrogen-bond acceptors (Lipinski definition) is 4. The van der Waals surface area contributed by atoms with E-state index in [9.17, 15) is 9.59 Å². The SMILES string of the molecule is CC(C)C[C@@H]1C(=O)N[C@H](C2Cc3ccccc3C2)C(=O)N1Cc1ccon1. The monoisotopic (exact) mass is 367 g/mol. The van der Waals surface area contributed by atoms with E-state index in [-0.39, 0.29) is 17.7 Å². The number of amides is 2. The maximum absolute atomic E-state index is 13.4. The maximum atomic E-state index is 13.4. The van der Waals surface area contributed by atoms with Crippen LogP contribution < -0.4 is 5.32 Å². The number of carbonyl (C=O) groups excluding carboxylic acids is 2. The summed E-state index contributed by atoms with van der Waals surface area (Å²) in [5.74, 6) is 0.327. The Morgan fingerprint density at radius 3 is 2.48 bits per heavy atom. The third-order valence-corrected chi connectivity index (χ3v) is 5.60. The van der Waals surface area contributed by atoms with Crippen molar-refractivity contribution in [1.82, 2.24) is 15.4 Å². The van der Waals surface area contributed by atoms with Crippen LogP contribution in [-0.2, 0) is 29.0 Å². The van der Waals surface area contributed by atoms with Crippen molar-refractivity contribution in [1.29, 1.82) is 0 Å². The molecule has 1 aliphatic carbocycles. The van der Waals surface area contributed by atoms with E-state index in [1.165, 1.54) is 17.4 Å². The number of benzene rings is 1. The minimum atomic E-state index is -0.486. The smallest absolute Gasteiger partial charge is 0.246 e. The summed E-state index contributed by atoms with van der Waals surface area (Å²) in [4.78, 5) is 28.0. The lowest BCUT2D eigenvalue weighted by Crippen LogP contribution is -2.65. The standard InChI is InChI=1S/C21H25N3O3/c1-13(2)9-18-20(25)22-19(16-10-14-5-3-4-6-15(14)11-16)21(26)24(18)12-17-7-8-27-23-17/h3-8,13,16,18-19H,9-12H2,1-2H3,(H,22,25)/t18-,19-/m1/s1. The van der Waals surface area contributed by atoms with E-state index in [2.05, 4.69) is 36.5 Å². The van der Waals surface area contributed by atoms with Gasteiger partial charge in [-0.05, 0) is 42.2 Å². The zero-order valence-electron chi connectivity index (χ0n) is 15.7. The van der Waals surface area contributed by atoms with Crippen LogP contribution in [0, 0.1) is 11.8 Å². The van der Waals surface area contributed by atoms with Gasteiger partial charge >= 0.3 is 0 Å². The van der Waals surface area contributed by atoms with Gasteiger partial charge in [-0.15, -0.1) is 0 Å². The molecule has 2 aromatic rings. The van der Waals surface area contributed by atoms with Gasteiger partial charge in [0.15, 0.2) is 0 Å². The van der Waals surface area contributed by atoms with Crippen LogP contribution in [0.5, 0.6) is 0 Å². The zero-order valence-corrected chi connectivity index (χ0v) is 15.7. The van der Waals surface area contributed by atoms with Crippen LogP contribution in [0.25, 0.3) is 0 Å². The summed E-state index contributed by atoms with van der Waals surface area (Å²) in [6, 6.07) is 9.07. The molecule has 142 valence electrons. The highest BCUT2D eigenvalue weighted by atomic mass is 16.5. The van der Waals surface area contributed by atoms with E-state index in [1.54, 1.807) is 11.0 Å². The van der Waals surface area contributed by atoms with E-state index in [1.807, 2.05) is 12.1 Å². The molecule has 1 aromatic carbocycles. The van der Waals surface area contributed by atoms with Crippen molar-refractivity contribution in [3.63, 3.8) is 0 Å². The summed E-state index contributed by atoms with van der Waals surface area (Å²) in [5.41, 5.74) is 3.22. The van der Waals surface area contributed by atoms with Crippen LogP contribution in [0.2, 0.25) is 0 Å². The van der Waals surface area contributed by atoms with Gasteiger partial charge in [0.2, 0.25) is 11.8 Å². The van der Waals surface area contributed by atoms with Crippen LogP contribution >= 0.6 is 0 Å². The van der Waals surface area contributed by atoms with Gasteiger partial charge < -0.3 is 14.7 Å². The summed E-state index contributed by atoms with van der Waals surface area (Å²) in [6.45, 7) is 4.42. The molecule has 1 aromatic heterocycles. The van der Waals surface area contributed by atoms with Gasteiger partial charge in [0, 0.05) is 6.07 Å². The molecule has 0 unspecified atom stereocenters. The summed E-state index contributed by atoms with van der Waals surface area (Å²) < 4.78 is 4.91. The van der Waals surface area contributed by atoms with Gasteiger partial charge in [0.05, 0.1) is 6.54 Å². The molecule has 0 bridgehead atoms. The highest BCUT2D eigenvalue weighted by molar-refractivity contribution is 5.97. The van der Waals surface area contributed by atoms with E-state index in [0.717, 1.165) is 12.8 Å². The second-order valence-electron chi connectivity index (χ2n) is 8.03. The molecule has 6 heteroatoms. The van der Waals surface area contributed by atoms with Crippen molar-refractivity contribution in [2.24, 2.45) is 11.8 Å². The van der Waals surface area contributed by atoms with Gasteiger partial charge in [0.1, 0.15) is 24.0 Å². The van der Waals surface area contributed by atoms with Crippen LogP contribution in [0.4, 0.5) is 0 Å². The molecule has 0 spiro atoms. The fourth-order valence-electron chi connectivity index (χ4n) is 4.30. The second kappa shape index (κ2) is 7.18. The lowest BCUT2D eigenvalue weighted by atomic mass is 9.90. The van der Waals surface area contributed by atoms with Crippen LogP contribution in [0.3, 0.4) is 0 Å². The first-order valence-corrected chi connectivity index (χ1v) is 9.60. The largest absolute Gasteiger partial charge is 0.364 e. The van der Waals surface area contributed by atoms with E-state index >= 15 is 0 Å². The molecule has 0 saturated carbocycles. The Bertz CT molecular complexity index is 806. The first-order chi connectivity index (χ1) is 13.0. The third kappa shape index (κ3) is 3.48. The molecule has 1 N–H and O–H groups in total. The molecule has 27 heavy (non-hydrogen) atoms. The average molecular weight is 367 g/mol. The highest BCUT2D eigenvalue weighted by Crippen LogP contribution is 2.32. The van der Waals surface area contributed by atoms with E-state index in [0.29, 0.717) is 24.6 Å². The number of aromatic nitrogens is 1. The molecule has 2 heterocycles. The molecule has 2 amide bonds. The van der Waals surface area contributed by atoms with Gasteiger partial charge in [-0.2, -0.15) is 0 Å². The molecule has 2 aliphatic rings. The number of carbonyl (C=O) groups is 2. The normalized spacial score (nSPS) is 23.0. The van der Waals surface area contributed by atoms with Crippen LogP contribution in [0.1, 0.15) is 37.1 Å². The molecule has 6 nitrogen and oxygen atoms in total. The Hall–Kier alpha value is -2.63. The molecule has 1 aliphatic heterocycles. The molecule has 4 rings (SSSR count). The number of nitrogens with zero attached hydrogens (tertiary/aromatic N) is 2. The minimum absolute atomic E-state index is 0.0129. The average Bonchev–Trinajstić information content (AvgIpc) is 3.29. The quantitative estimate of drug-likeness (QED) is 0.880. The molecular formula is C21H25N3O3. The summed E-state index contributed by atoms with van der Waals surface area (Å²) >= 11 is 0. The first kappa shape index (κ1) is 17.8. The predicted octanol–water partition coefficient (Wildman–Crippen LogP) is 2.33. The van der Waals surface area contributed by atoms with Crippen molar-refractivity contribution in [3.05, 3.63) is 53.4 Å². The van der Waals surface area contributed by atoms with Crippen molar-refractivity contribution in [2.45, 2.75) is 51.7 Å². The summed E-state index contributed by atoms with van der Waals surface area (Å²) in [6.07, 6.45) is 3.76. The Morgan fingerprint density at radius 1 is 1.19 bits per heavy atom. The van der Waals surface area contributed by atoms with E-state index < -0.39 is 12.1 Å². The Morgan fingerprint density at radius 2 is 1.89 bits per heavy atom.